The minimum absolute atomic E-state index is 0.0146. The molecule has 1 aliphatic heterocycles. The molecule has 1 amide bonds. The van der Waals surface area contributed by atoms with Crippen molar-refractivity contribution in [2.45, 2.75) is 32.4 Å². The Kier molecular flexibility index (Phi) is 3.96. The Morgan fingerprint density at radius 2 is 2.24 bits per heavy atom. The van der Waals surface area contributed by atoms with E-state index in [4.69, 9.17) is 4.52 Å². The molecule has 2 heterocycles. The van der Waals surface area contributed by atoms with Crippen molar-refractivity contribution in [3.63, 3.8) is 0 Å². The molecule has 110 valence electrons. The predicted molar refractivity (Wildman–Crippen MR) is 76.5 cm³/mol. The van der Waals surface area contributed by atoms with E-state index in [0.29, 0.717) is 24.7 Å². The molecule has 0 saturated carbocycles. The van der Waals surface area contributed by atoms with E-state index in [-0.39, 0.29) is 11.9 Å². The summed E-state index contributed by atoms with van der Waals surface area (Å²) in [7, 11) is 0. The number of benzene rings is 1. The van der Waals surface area contributed by atoms with E-state index >= 15 is 0 Å². The van der Waals surface area contributed by atoms with Crippen molar-refractivity contribution in [2.24, 2.45) is 0 Å². The Morgan fingerprint density at radius 1 is 1.43 bits per heavy atom. The third-order valence-corrected chi connectivity index (χ3v) is 3.61. The van der Waals surface area contributed by atoms with Crippen LogP contribution in [-0.2, 0) is 24.2 Å². The normalized spacial score (nSPS) is 17.3. The Hall–Kier alpha value is -2.21. The van der Waals surface area contributed by atoms with Gasteiger partial charge in [-0.25, -0.2) is 0 Å². The first-order chi connectivity index (χ1) is 10.2. The molecule has 0 spiro atoms. The predicted octanol–water partition coefficient (Wildman–Crippen LogP) is 0.751. The third-order valence-electron chi connectivity index (χ3n) is 3.61. The van der Waals surface area contributed by atoms with Crippen molar-refractivity contribution < 1.29 is 9.32 Å². The maximum atomic E-state index is 12.2. The number of aromatic nitrogens is 2. The number of aryl methyl sites for hydroxylation is 1. The van der Waals surface area contributed by atoms with Gasteiger partial charge in [0.1, 0.15) is 0 Å². The Morgan fingerprint density at radius 3 is 3.00 bits per heavy atom. The van der Waals surface area contributed by atoms with Crippen LogP contribution in [0.15, 0.2) is 28.8 Å². The van der Waals surface area contributed by atoms with E-state index in [2.05, 4.69) is 32.9 Å². The molecule has 0 aliphatic carbocycles. The van der Waals surface area contributed by atoms with Crippen molar-refractivity contribution >= 4 is 5.91 Å². The van der Waals surface area contributed by atoms with Crippen LogP contribution in [0.2, 0.25) is 0 Å². The first-order valence-electron chi connectivity index (χ1n) is 7.09. The van der Waals surface area contributed by atoms with Gasteiger partial charge in [0.05, 0.1) is 6.04 Å². The summed E-state index contributed by atoms with van der Waals surface area (Å²) in [5, 5.41) is 9.89. The van der Waals surface area contributed by atoms with E-state index in [1.54, 1.807) is 6.92 Å². The van der Waals surface area contributed by atoms with E-state index in [1.807, 2.05) is 12.1 Å². The van der Waals surface area contributed by atoms with Crippen molar-refractivity contribution in [2.75, 3.05) is 6.54 Å². The van der Waals surface area contributed by atoms with Gasteiger partial charge in [0.15, 0.2) is 5.82 Å². The average molecular weight is 286 g/mol. The van der Waals surface area contributed by atoms with E-state index in [1.165, 1.54) is 11.1 Å². The SMILES string of the molecule is Cc1noc(CCNC(=O)[C@@H]2Cc3ccccc3CN2)n1. The zero-order valence-electron chi connectivity index (χ0n) is 11.9. The van der Waals surface area contributed by atoms with E-state index in [0.717, 1.165) is 13.0 Å². The molecule has 3 rings (SSSR count). The third kappa shape index (κ3) is 3.28. The minimum Gasteiger partial charge on any atom is -0.354 e. The first-order valence-corrected chi connectivity index (χ1v) is 7.09. The number of fused-ring (bicyclic) bond motifs is 1. The number of carbonyl (C=O) groups excluding carboxylic acids is 1. The molecule has 0 fully saturated rings. The largest absolute Gasteiger partial charge is 0.354 e. The molecular weight excluding hydrogens is 268 g/mol. The van der Waals surface area contributed by atoms with Gasteiger partial charge in [0.2, 0.25) is 11.8 Å². The molecule has 0 bridgehead atoms. The number of hydrogen-bond acceptors (Lipinski definition) is 5. The molecular formula is C15H18N4O2. The summed E-state index contributed by atoms with van der Waals surface area (Å²) in [5.41, 5.74) is 2.51. The molecule has 0 unspecified atom stereocenters. The van der Waals surface area contributed by atoms with Gasteiger partial charge in [0.25, 0.3) is 0 Å². The highest BCUT2D eigenvalue weighted by molar-refractivity contribution is 5.82. The second-order valence-corrected chi connectivity index (χ2v) is 5.18. The fraction of sp³-hybridized carbons (Fsp3) is 0.400. The van der Waals surface area contributed by atoms with Crippen LogP contribution < -0.4 is 10.6 Å². The van der Waals surface area contributed by atoms with Crippen LogP contribution in [0, 0.1) is 6.92 Å². The lowest BCUT2D eigenvalue weighted by Gasteiger charge is -2.25. The van der Waals surface area contributed by atoms with Gasteiger partial charge in [-0.15, -0.1) is 0 Å². The number of carbonyl (C=O) groups is 1. The van der Waals surface area contributed by atoms with Crippen LogP contribution in [0.25, 0.3) is 0 Å². The van der Waals surface area contributed by atoms with E-state index in [9.17, 15) is 4.79 Å². The van der Waals surface area contributed by atoms with Gasteiger partial charge in [-0.2, -0.15) is 4.98 Å². The molecule has 2 N–H and O–H groups in total. The topological polar surface area (TPSA) is 80.0 Å². The van der Waals surface area contributed by atoms with Gasteiger partial charge in [-0.1, -0.05) is 29.4 Å². The van der Waals surface area contributed by atoms with Crippen molar-refractivity contribution in [1.82, 2.24) is 20.8 Å². The summed E-state index contributed by atoms with van der Waals surface area (Å²) in [4.78, 5) is 16.3. The molecule has 1 atom stereocenters. The quantitative estimate of drug-likeness (QED) is 0.867. The highest BCUT2D eigenvalue weighted by Crippen LogP contribution is 2.16. The number of amides is 1. The Balaban J connectivity index is 1.50. The smallest absolute Gasteiger partial charge is 0.237 e. The summed E-state index contributed by atoms with van der Waals surface area (Å²) >= 11 is 0. The second kappa shape index (κ2) is 6.05. The molecule has 2 aromatic rings. The Bertz CT molecular complexity index is 638. The maximum Gasteiger partial charge on any atom is 0.237 e. The summed E-state index contributed by atoms with van der Waals surface area (Å²) < 4.78 is 5.01. The van der Waals surface area contributed by atoms with Crippen molar-refractivity contribution in [3.05, 3.63) is 47.1 Å². The molecule has 6 nitrogen and oxygen atoms in total. The number of rotatable bonds is 4. The molecule has 0 saturated heterocycles. The maximum absolute atomic E-state index is 12.2. The van der Waals surface area contributed by atoms with Crippen LogP contribution in [-0.4, -0.2) is 28.6 Å². The van der Waals surface area contributed by atoms with Gasteiger partial charge in [-0.3, -0.25) is 4.79 Å². The lowest BCUT2D eigenvalue weighted by molar-refractivity contribution is -0.123. The molecule has 0 radical (unpaired) electrons. The van der Waals surface area contributed by atoms with Crippen molar-refractivity contribution in [1.29, 1.82) is 0 Å². The number of hydrogen-bond donors (Lipinski definition) is 2. The lowest BCUT2D eigenvalue weighted by atomic mass is 9.95. The van der Waals surface area contributed by atoms with Gasteiger partial charge >= 0.3 is 0 Å². The highest BCUT2D eigenvalue weighted by atomic mass is 16.5. The number of nitrogens with one attached hydrogen (secondary N) is 2. The van der Waals surface area contributed by atoms with E-state index < -0.39 is 0 Å². The number of nitrogens with zero attached hydrogens (tertiary/aromatic N) is 2. The first kappa shape index (κ1) is 13.8. The summed E-state index contributed by atoms with van der Waals surface area (Å²) in [6, 6.07) is 8.03. The van der Waals surface area contributed by atoms with Gasteiger partial charge in [-0.05, 0) is 24.5 Å². The second-order valence-electron chi connectivity index (χ2n) is 5.18. The molecule has 21 heavy (non-hydrogen) atoms. The summed E-state index contributed by atoms with van der Waals surface area (Å²) in [5.74, 6) is 1.18. The molecule has 1 aliphatic rings. The zero-order chi connectivity index (χ0) is 14.7. The van der Waals surface area contributed by atoms with Crippen LogP contribution in [0.4, 0.5) is 0 Å². The van der Waals surface area contributed by atoms with Gasteiger partial charge < -0.3 is 15.2 Å². The highest BCUT2D eigenvalue weighted by Gasteiger charge is 2.23. The fourth-order valence-corrected chi connectivity index (χ4v) is 2.50. The summed E-state index contributed by atoms with van der Waals surface area (Å²) in [6.07, 6.45) is 1.28. The molecule has 1 aromatic heterocycles. The fourth-order valence-electron chi connectivity index (χ4n) is 2.50. The van der Waals surface area contributed by atoms with Crippen LogP contribution >= 0.6 is 0 Å². The van der Waals surface area contributed by atoms with Gasteiger partial charge in [0, 0.05) is 19.5 Å². The van der Waals surface area contributed by atoms with Crippen LogP contribution in [0.1, 0.15) is 22.8 Å². The monoisotopic (exact) mass is 286 g/mol. The standard InChI is InChI=1S/C15H18N4O2/c1-10-18-14(21-19-10)6-7-16-15(20)13-8-11-4-2-3-5-12(11)9-17-13/h2-5,13,17H,6-9H2,1H3,(H,16,20)/t13-/m0/s1. The average Bonchev–Trinajstić information content (AvgIpc) is 2.92. The van der Waals surface area contributed by atoms with Crippen molar-refractivity contribution in [3.8, 4) is 0 Å². The Labute approximate surface area is 122 Å². The lowest BCUT2D eigenvalue weighted by Crippen LogP contribution is -2.48. The minimum atomic E-state index is -0.177. The zero-order valence-corrected chi connectivity index (χ0v) is 11.9. The summed E-state index contributed by atoms with van der Waals surface area (Å²) in [6.45, 7) is 3.01. The molecule has 1 aromatic carbocycles. The van der Waals surface area contributed by atoms with Crippen LogP contribution in [0.5, 0.6) is 0 Å². The molecule has 6 heteroatoms. The van der Waals surface area contributed by atoms with Crippen LogP contribution in [0.3, 0.4) is 0 Å².